The SMILES string of the molecule is Clc1cc(Cl)cc(CNCCSC2Nc3ccc(Cl)nc3N2)c1. The van der Waals surface area contributed by atoms with Gasteiger partial charge in [-0.2, -0.15) is 0 Å². The van der Waals surface area contributed by atoms with E-state index in [1.54, 1.807) is 23.9 Å². The minimum Gasteiger partial charge on any atom is -0.354 e. The first-order chi connectivity index (χ1) is 11.1. The molecule has 8 heteroatoms. The van der Waals surface area contributed by atoms with Gasteiger partial charge in [-0.05, 0) is 35.9 Å². The Bertz CT molecular complexity index is 678. The lowest BCUT2D eigenvalue weighted by Gasteiger charge is -2.12. The number of halogens is 3. The van der Waals surface area contributed by atoms with Gasteiger partial charge < -0.3 is 16.0 Å². The van der Waals surface area contributed by atoms with Crippen molar-refractivity contribution in [3.63, 3.8) is 0 Å². The predicted molar refractivity (Wildman–Crippen MR) is 101 cm³/mol. The summed E-state index contributed by atoms with van der Waals surface area (Å²) < 4.78 is 0. The zero-order chi connectivity index (χ0) is 16.2. The standard InChI is InChI=1S/C15H15Cl3N4S/c16-10-5-9(6-11(17)7-10)8-19-3-4-23-15-20-12-1-2-13(18)21-14(12)22-15/h1-2,5-7,15,19-20H,3-4,8H2,(H,21,22). The molecule has 0 saturated heterocycles. The van der Waals surface area contributed by atoms with E-state index in [-0.39, 0.29) is 5.50 Å². The maximum Gasteiger partial charge on any atom is 0.153 e. The van der Waals surface area contributed by atoms with Crippen LogP contribution >= 0.6 is 46.6 Å². The summed E-state index contributed by atoms with van der Waals surface area (Å²) in [5.74, 6) is 1.75. The molecule has 0 bridgehead atoms. The number of anilines is 2. The lowest BCUT2D eigenvalue weighted by molar-refractivity contribution is 0.732. The van der Waals surface area contributed by atoms with E-state index in [1.165, 1.54) is 0 Å². The summed E-state index contributed by atoms with van der Waals surface area (Å²) in [6.45, 7) is 1.61. The molecule has 1 unspecified atom stereocenters. The number of nitrogens with zero attached hydrogens (tertiary/aromatic N) is 1. The highest BCUT2D eigenvalue weighted by Crippen LogP contribution is 2.31. The Balaban J connectivity index is 1.38. The van der Waals surface area contributed by atoms with E-state index in [4.69, 9.17) is 34.8 Å². The number of fused-ring (bicyclic) bond motifs is 1. The van der Waals surface area contributed by atoms with Crippen molar-refractivity contribution in [2.45, 2.75) is 12.0 Å². The van der Waals surface area contributed by atoms with Gasteiger partial charge in [0, 0.05) is 28.9 Å². The number of hydrogen-bond donors (Lipinski definition) is 3. The van der Waals surface area contributed by atoms with Crippen LogP contribution in [0.15, 0.2) is 30.3 Å². The molecule has 0 aliphatic carbocycles. The third-order valence-corrected chi connectivity index (χ3v) is 4.89. The van der Waals surface area contributed by atoms with E-state index >= 15 is 0 Å². The second-order valence-electron chi connectivity index (χ2n) is 5.02. The molecule has 1 aromatic carbocycles. The van der Waals surface area contributed by atoms with E-state index in [0.717, 1.165) is 35.9 Å². The molecule has 0 fully saturated rings. The molecule has 1 aliphatic rings. The Morgan fingerprint density at radius 3 is 2.65 bits per heavy atom. The van der Waals surface area contributed by atoms with Crippen LogP contribution in [0.5, 0.6) is 0 Å². The first-order valence-electron chi connectivity index (χ1n) is 7.07. The summed E-state index contributed by atoms with van der Waals surface area (Å²) in [6, 6.07) is 9.27. The number of pyridine rings is 1. The van der Waals surface area contributed by atoms with Crippen molar-refractivity contribution in [3.05, 3.63) is 51.1 Å². The Labute approximate surface area is 154 Å². The molecule has 0 saturated carbocycles. The predicted octanol–water partition coefficient (Wildman–Crippen LogP) is 4.69. The summed E-state index contributed by atoms with van der Waals surface area (Å²) in [5, 5.41) is 11.8. The van der Waals surface area contributed by atoms with Crippen LogP contribution < -0.4 is 16.0 Å². The minimum atomic E-state index is 0.110. The molecule has 4 nitrogen and oxygen atoms in total. The summed E-state index contributed by atoms with van der Waals surface area (Å²) in [6.07, 6.45) is 0. The fraction of sp³-hybridized carbons (Fsp3) is 0.267. The maximum atomic E-state index is 5.98. The lowest BCUT2D eigenvalue weighted by atomic mass is 10.2. The number of rotatable bonds is 6. The topological polar surface area (TPSA) is 49.0 Å². The Kier molecular flexibility index (Phi) is 5.77. The largest absolute Gasteiger partial charge is 0.354 e. The summed E-state index contributed by atoms with van der Waals surface area (Å²) in [4.78, 5) is 4.24. The van der Waals surface area contributed by atoms with Crippen LogP contribution in [0.1, 0.15) is 5.56 Å². The van der Waals surface area contributed by atoms with E-state index in [0.29, 0.717) is 15.2 Å². The first kappa shape index (κ1) is 17.0. The molecule has 0 spiro atoms. The first-order valence-corrected chi connectivity index (χ1v) is 9.25. The maximum absolute atomic E-state index is 5.98. The third kappa shape index (κ3) is 4.81. The highest BCUT2D eigenvalue weighted by atomic mass is 35.5. The van der Waals surface area contributed by atoms with Gasteiger partial charge in [0.25, 0.3) is 0 Å². The summed E-state index contributed by atoms with van der Waals surface area (Å²) in [7, 11) is 0. The second kappa shape index (κ2) is 7.81. The zero-order valence-electron chi connectivity index (χ0n) is 12.1. The van der Waals surface area contributed by atoms with Crippen LogP contribution in [0, 0.1) is 0 Å². The fourth-order valence-corrected chi connectivity index (χ4v) is 3.86. The Morgan fingerprint density at radius 1 is 1.09 bits per heavy atom. The molecular formula is C15H15Cl3N4S. The van der Waals surface area contributed by atoms with Crippen molar-refractivity contribution in [1.82, 2.24) is 10.3 Å². The summed E-state index contributed by atoms with van der Waals surface area (Å²) >= 11 is 19.6. The molecule has 0 amide bonds. The van der Waals surface area contributed by atoms with Crippen molar-refractivity contribution in [2.24, 2.45) is 0 Å². The van der Waals surface area contributed by atoms with Crippen molar-refractivity contribution in [3.8, 4) is 0 Å². The molecule has 122 valence electrons. The van der Waals surface area contributed by atoms with E-state index < -0.39 is 0 Å². The molecule has 3 N–H and O–H groups in total. The zero-order valence-corrected chi connectivity index (χ0v) is 15.2. The van der Waals surface area contributed by atoms with Crippen LogP contribution in [-0.2, 0) is 6.54 Å². The molecule has 1 aromatic heterocycles. The molecule has 3 rings (SSSR count). The van der Waals surface area contributed by atoms with Crippen LogP contribution in [0.4, 0.5) is 11.5 Å². The van der Waals surface area contributed by atoms with Gasteiger partial charge in [0.15, 0.2) is 5.82 Å². The fourth-order valence-electron chi connectivity index (χ4n) is 2.24. The van der Waals surface area contributed by atoms with Crippen molar-refractivity contribution in [2.75, 3.05) is 22.9 Å². The normalized spacial score (nSPS) is 15.9. The van der Waals surface area contributed by atoms with Crippen molar-refractivity contribution >= 4 is 58.1 Å². The van der Waals surface area contributed by atoms with Gasteiger partial charge in [0.2, 0.25) is 0 Å². The minimum absolute atomic E-state index is 0.110. The second-order valence-corrected chi connectivity index (χ2v) is 7.50. The molecule has 1 atom stereocenters. The monoisotopic (exact) mass is 388 g/mol. The van der Waals surface area contributed by atoms with Crippen LogP contribution in [0.25, 0.3) is 0 Å². The van der Waals surface area contributed by atoms with Crippen LogP contribution in [-0.4, -0.2) is 22.8 Å². The highest BCUT2D eigenvalue weighted by Gasteiger charge is 2.20. The number of nitrogens with one attached hydrogen (secondary N) is 3. The quantitative estimate of drug-likeness (QED) is 0.494. The molecule has 0 radical (unpaired) electrons. The van der Waals surface area contributed by atoms with Gasteiger partial charge in [-0.1, -0.05) is 34.8 Å². The van der Waals surface area contributed by atoms with Gasteiger partial charge in [-0.25, -0.2) is 4.98 Å². The summed E-state index contributed by atoms with van der Waals surface area (Å²) in [5.41, 5.74) is 2.17. The molecular weight excluding hydrogens is 375 g/mol. The lowest BCUT2D eigenvalue weighted by Crippen LogP contribution is -2.22. The van der Waals surface area contributed by atoms with Crippen molar-refractivity contribution in [1.29, 1.82) is 0 Å². The average Bonchev–Trinajstić information content (AvgIpc) is 2.87. The van der Waals surface area contributed by atoms with Gasteiger partial charge in [0.1, 0.15) is 10.7 Å². The van der Waals surface area contributed by atoms with Gasteiger partial charge in [-0.3, -0.25) is 0 Å². The molecule has 2 aromatic rings. The highest BCUT2D eigenvalue weighted by molar-refractivity contribution is 8.00. The molecule has 23 heavy (non-hydrogen) atoms. The Morgan fingerprint density at radius 2 is 1.87 bits per heavy atom. The number of benzene rings is 1. The number of thioether (sulfide) groups is 1. The van der Waals surface area contributed by atoms with E-state index in [1.807, 2.05) is 18.2 Å². The number of aromatic nitrogens is 1. The number of hydrogen-bond acceptors (Lipinski definition) is 5. The van der Waals surface area contributed by atoms with Crippen LogP contribution in [0.2, 0.25) is 15.2 Å². The third-order valence-electron chi connectivity index (χ3n) is 3.23. The van der Waals surface area contributed by atoms with Crippen molar-refractivity contribution < 1.29 is 0 Å². The van der Waals surface area contributed by atoms with Gasteiger partial charge in [-0.15, -0.1) is 11.8 Å². The average molecular weight is 390 g/mol. The smallest absolute Gasteiger partial charge is 0.153 e. The Hall–Kier alpha value is -0.850. The van der Waals surface area contributed by atoms with Crippen LogP contribution in [0.3, 0.4) is 0 Å². The van der Waals surface area contributed by atoms with E-state index in [9.17, 15) is 0 Å². The van der Waals surface area contributed by atoms with Gasteiger partial charge in [0.05, 0.1) is 5.69 Å². The molecule has 2 heterocycles. The molecule has 1 aliphatic heterocycles. The van der Waals surface area contributed by atoms with Gasteiger partial charge >= 0.3 is 0 Å². The van der Waals surface area contributed by atoms with E-state index in [2.05, 4.69) is 20.9 Å².